The second-order valence-corrected chi connectivity index (χ2v) is 7.40. The molecule has 0 unspecified atom stereocenters. The van der Waals surface area contributed by atoms with E-state index in [2.05, 4.69) is 15.1 Å². The topological polar surface area (TPSA) is 92.9 Å². The van der Waals surface area contributed by atoms with Crippen LogP contribution in [0.25, 0.3) is 17.0 Å². The fourth-order valence-electron chi connectivity index (χ4n) is 3.22. The van der Waals surface area contributed by atoms with Gasteiger partial charge in [-0.1, -0.05) is 29.3 Å². The third-order valence-electron chi connectivity index (χ3n) is 4.74. The molecule has 2 aromatic heterocycles. The van der Waals surface area contributed by atoms with Crippen LogP contribution in [0, 0.1) is 0 Å². The molecule has 3 heterocycles. The molecule has 0 saturated carbocycles. The molecule has 1 aliphatic rings. The van der Waals surface area contributed by atoms with Crippen LogP contribution in [-0.2, 0) is 14.3 Å². The van der Waals surface area contributed by atoms with Crippen LogP contribution in [0.15, 0.2) is 30.5 Å². The van der Waals surface area contributed by atoms with E-state index in [-0.39, 0.29) is 6.61 Å². The summed E-state index contributed by atoms with van der Waals surface area (Å²) >= 11 is 12.2. The number of carbonyl (C=O) groups is 2. The van der Waals surface area contributed by atoms with Gasteiger partial charge < -0.3 is 14.5 Å². The van der Waals surface area contributed by atoms with Crippen molar-refractivity contribution in [2.24, 2.45) is 0 Å². The van der Waals surface area contributed by atoms with E-state index in [1.807, 2.05) is 17.0 Å². The molecule has 1 saturated heterocycles. The highest BCUT2D eigenvalue weighted by molar-refractivity contribution is 6.42. The lowest BCUT2D eigenvalue weighted by Crippen LogP contribution is -2.51. The van der Waals surface area contributed by atoms with Crippen molar-refractivity contribution in [1.82, 2.24) is 24.5 Å². The van der Waals surface area contributed by atoms with E-state index < -0.39 is 11.9 Å². The summed E-state index contributed by atoms with van der Waals surface area (Å²) in [5.41, 5.74) is 1.60. The van der Waals surface area contributed by atoms with Gasteiger partial charge in [0.1, 0.15) is 0 Å². The molecule has 0 spiro atoms. The lowest BCUT2D eigenvalue weighted by atomic mass is 10.1. The zero-order chi connectivity index (χ0) is 21.3. The second-order valence-electron chi connectivity index (χ2n) is 6.58. The Morgan fingerprint density at radius 2 is 1.87 bits per heavy atom. The fraction of sp³-hybridized carbons (Fsp3) is 0.316. The zero-order valence-corrected chi connectivity index (χ0v) is 17.6. The van der Waals surface area contributed by atoms with Crippen LogP contribution in [0.5, 0.6) is 0 Å². The number of fused-ring (bicyclic) bond motifs is 1. The molecule has 0 N–H and O–H groups in total. The molecule has 156 valence electrons. The Kier molecular flexibility index (Phi) is 5.74. The first-order chi connectivity index (χ1) is 14.5. The van der Waals surface area contributed by atoms with Crippen molar-refractivity contribution in [3.8, 4) is 11.3 Å². The van der Waals surface area contributed by atoms with Crippen LogP contribution in [0.1, 0.15) is 6.92 Å². The Bertz CT molecular complexity index is 1110. The Labute approximate surface area is 182 Å². The van der Waals surface area contributed by atoms with Crippen molar-refractivity contribution < 1.29 is 14.3 Å². The number of hydrogen-bond donors (Lipinski definition) is 0. The minimum absolute atomic E-state index is 0.171. The third kappa shape index (κ3) is 3.90. The van der Waals surface area contributed by atoms with Gasteiger partial charge in [-0.25, -0.2) is 9.78 Å². The molecule has 1 aliphatic heterocycles. The molecule has 0 bridgehead atoms. The van der Waals surface area contributed by atoms with Crippen LogP contribution < -0.4 is 4.90 Å². The van der Waals surface area contributed by atoms with Gasteiger partial charge >= 0.3 is 11.9 Å². The van der Waals surface area contributed by atoms with Gasteiger partial charge in [0.25, 0.3) is 5.78 Å². The van der Waals surface area contributed by atoms with Crippen LogP contribution in [0.4, 0.5) is 5.95 Å². The summed E-state index contributed by atoms with van der Waals surface area (Å²) in [5, 5.41) is 5.52. The molecule has 11 heteroatoms. The molecular weight excluding hydrogens is 431 g/mol. The number of hydrogen-bond acceptors (Lipinski definition) is 7. The quantitative estimate of drug-likeness (QED) is 0.448. The van der Waals surface area contributed by atoms with Crippen LogP contribution in [0.3, 0.4) is 0 Å². The summed E-state index contributed by atoms with van der Waals surface area (Å²) in [7, 11) is 0. The van der Waals surface area contributed by atoms with E-state index in [9.17, 15) is 9.59 Å². The number of nitrogens with zero attached hydrogens (tertiary/aromatic N) is 6. The van der Waals surface area contributed by atoms with Gasteiger partial charge in [-0.05, 0) is 25.1 Å². The molecule has 9 nitrogen and oxygen atoms in total. The van der Waals surface area contributed by atoms with Crippen LogP contribution >= 0.6 is 23.2 Å². The molecule has 4 rings (SSSR count). The molecule has 1 amide bonds. The van der Waals surface area contributed by atoms with Crippen LogP contribution in [-0.4, -0.2) is 69.1 Å². The van der Waals surface area contributed by atoms with E-state index in [0.717, 1.165) is 11.3 Å². The highest BCUT2D eigenvalue weighted by atomic mass is 35.5. The maximum Gasteiger partial charge on any atom is 0.397 e. The van der Waals surface area contributed by atoms with E-state index in [0.29, 0.717) is 48.0 Å². The number of benzene rings is 1. The average molecular weight is 449 g/mol. The number of aromatic nitrogens is 4. The predicted molar refractivity (Wildman–Crippen MR) is 112 cm³/mol. The molecule has 0 atom stereocenters. The maximum atomic E-state index is 12.1. The van der Waals surface area contributed by atoms with Crippen molar-refractivity contribution in [2.45, 2.75) is 6.92 Å². The predicted octanol–water partition coefficient (Wildman–Crippen LogP) is 2.31. The first kappa shape index (κ1) is 20.4. The standard InChI is InChI=1S/C19H18Cl2N6O3/c1-2-30-17(29)16(28)25-7-9-26(10-8-25)19-23-18-22-6-5-15(27(18)24-19)12-3-4-13(20)14(21)11-12/h3-6,11H,2,7-10H2,1H3. The molecule has 0 radical (unpaired) electrons. The van der Waals surface area contributed by atoms with Crippen molar-refractivity contribution in [1.29, 1.82) is 0 Å². The van der Waals surface area contributed by atoms with E-state index >= 15 is 0 Å². The molecule has 1 fully saturated rings. The normalized spacial score (nSPS) is 14.2. The lowest BCUT2D eigenvalue weighted by molar-refractivity contribution is -0.160. The molecule has 1 aromatic carbocycles. The fourth-order valence-corrected chi connectivity index (χ4v) is 3.52. The number of halogens is 2. The smallest absolute Gasteiger partial charge is 0.397 e. The Morgan fingerprint density at radius 3 is 2.57 bits per heavy atom. The highest BCUT2D eigenvalue weighted by Crippen LogP contribution is 2.28. The monoisotopic (exact) mass is 448 g/mol. The molecule has 3 aromatic rings. The van der Waals surface area contributed by atoms with Gasteiger partial charge in [0.05, 0.1) is 22.3 Å². The second kappa shape index (κ2) is 8.45. The van der Waals surface area contributed by atoms with Gasteiger partial charge in [0.15, 0.2) is 0 Å². The summed E-state index contributed by atoms with van der Waals surface area (Å²) in [6, 6.07) is 7.16. The van der Waals surface area contributed by atoms with Gasteiger partial charge in [-0.15, -0.1) is 5.10 Å². The van der Waals surface area contributed by atoms with Gasteiger partial charge in [0.2, 0.25) is 5.95 Å². The molecule has 30 heavy (non-hydrogen) atoms. The summed E-state index contributed by atoms with van der Waals surface area (Å²) in [5.74, 6) is -0.507. The minimum Gasteiger partial charge on any atom is -0.459 e. The number of amides is 1. The Hall–Kier alpha value is -2.91. The molecule has 0 aliphatic carbocycles. The van der Waals surface area contributed by atoms with Crippen molar-refractivity contribution >= 4 is 46.8 Å². The van der Waals surface area contributed by atoms with Gasteiger partial charge in [0, 0.05) is 37.9 Å². The van der Waals surface area contributed by atoms with E-state index in [1.165, 1.54) is 4.90 Å². The summed E-state index contributed by atoms with van der Waals surface area (Å²) in [4.78, 5) is 36.0. The summed E-state index contributed by atoms with van der Waals surface area (Å²) in [6.45, 7) is 3.57. The Balaban J connectivity index is 1.55. The largest absolute Gasteiger partial charge is 0.459 e. The number of anilines is 1. The van der Waals surface area contributed by atoms with E-state index in [1.54, 1.807) is 29.8 Å². The number of rotatable bonds is 3. The van der Waals surface area contributed by atoms with Crippen molar-refractivity contribution in [2.75, 3.05) is 37.7 Å². The SMILES string of the molecule is CCOC(=O)C(=O)N1CCN(c2nc3nccc(-c4ccc(Cl)c(Cl)c4)n3n2)CC1. The van der Waals surface area contributed by atoms with Crippen molar-refractivity contribution in [3.63, 3.8) is 0 Å². The lowest BCUT2D eigenvalue weighted by Gasteiger charge is -2.33. The highest BCUT2D eigenvalue weighted by Gasteiger charge is 2.28. The minimum atomic E-state index is -0.827. The molecular formula is C19H18Cl2N6O3. The number of carbonyl (C=O) groups excluding carboxylic acids is 2. The average Bonchev–Trinajstić information content (AvgIpc) is 3.20. The third-order valence-corrected chi connectivity index (χ3v) is 5.48. The summed E-state index contributed by atoms with van der Waals surface area (Å²) < 4.78 is 6.43. The first-order valence-corrected chi connectivity index (χ1v) is 10.1. The van der Waals surface area contributed by atoms with Gasteiger partial charge in [-0.2, -0.15) is 9.50 Å². The maximum absolute atomic E-state index is 12.1. The number of piperazine rings is 1. The van der Waals surface area contributed by atoms with Crippen molar-refractivity contribution in [3.05, 3.63) is 40.5 Å². The number of ether oxygens (including phenoxy) is 1. The summed E-state index contributed by atoms with van der Waals surface area (Å²) in [6.07, 6.45) is 1.65. The number of esters is 1. The van der Waals surface area contributed by atoms with Gasteiger partial charge in [-0.3, -0.25) is 4.79 Å². The first-order valence-electron chi connectivity index (χ1n) is 9.36. The van der Waals surface area contributed by atoms with Crippen LogP contribution in [0.2, 0.25) is 10.0 Å². The zero-order valence-electron chi connectivity index (χ0n) is 16.1. The Morgan fingerprint density at radius 1 is 1.10 bits per heavy atom. The van der Waals surface area contributed by atoms with E-state index in [4.69, 9.17) is 27.9 Å².